The SMILES string of the molecule is CC(O)CC(C)NCc1ccc(Br)c([N+](=O)[O-])c1. The number of hydrogen-bond acceptors (Lipinski definition) is 4. The van der Waals surface area contributed by atoms with Gasteiger partial charge in [-0.05, 0) is 47.8 Å². The van der Waals surface area contributed by atoms with Crippen LogP contribution in [0, 0.1) is 10.1 Å². The number of nitro groups is 1. The molecule has 0 aliphatic heterocycles. The fourth-order valence-electron chi connectivity index (χ4n) is 1.70. The first-order valence-corrected chi connectivity index (χ1v) is 6.53. The van der Waals surface area contributed by atoms with Gasteiger partial charge in [0.2, 0.25) is 0 Å². The van der Waals surface area contributed by atoms with Gasteiger partial charge in [0.25, 0.3) is 5.69 Å². The van der Waals surface area contributed by atoms with Crippen LogP contribution in [0.25, 0.3) is 0 Å². The molecule has 1 aromatic rings. The number of nitrogens with zero attached hydrogens (tertiary/aromatic N) is 1. The summed E-state index contributed by atoms with van der Waals surface area (Å²) >= 11 is 3.15. The second kappa shape index (κ2) is 6.82. The molecule has 0 aliphatic rings. The van der Waals surface area contributed by atoms with E-state index in [0.717, 1.165) is 5.56 Å². The summed E-state index contributed by atoms with van der Waals surface area (Å²) in [6, 6.07) is 5.22. The lowest BCUT2D eigenvalue weighted by atomic mass is 10.1. The van der Waals surface area contributed by atoms with Crippen molar-refractivity contribution in [3.05, 3.63) is 38.3 Å². The first-order valence-electron chi connectivity index (χ1n) is 5.74. The van der Waals surface area contributed by atoms with Crippen molar-refractivity contribution in [1.29, 1.82) is 0 Å². The van der Waals surface area contributed by atoms with E-state index in [4.69, 9.17) is 0 Å². The van der Waals surface area contributed by atoms with Crippen LogP contribution in [0.3, 0.4) is 0 Å². The zero-order valence-corrected chi connectivity index (χ0v) is 12.0. The minimum atomic E-state index is -0.410. The van der Waals surface area contributed by atoms with Crippen molar-refractivity contribution in [2.45, 2.75) is 39.0 Å². The van der Waals surface area contributed by atoms with Gasteiger partial charge in [0.1, 0.15) is 0 Å². The number of benzene rings is 1. The van der Waals surface area contributed by atoms with Gasteiger partial charge in [-0.2, -0.15) is 0 Å². The number of hydrogen-bond donors (Lipinski definition) is 2. The summed E-state index contributed by atoms with van der Waals surface area (Å²) in [5.41, 5.74) is 0.917. The standard InChI is InChI=1S/C12H17BrN2O3/c1-8(5-9(2)16)14-7-10-3-4-11(13)12(6-10)15(17)18/h3-4,6,8-9,14,16H,5,7H2,1-2H3. The Labute approximate surface area is 114 Å². The van der Waals surface area contributed by atoms with Crippen molar-refractivity contribution < 1.29 is 10.0 Å². The van der Waals surface area contributed by atoms with Crippen LogP contribution in [0.2, 0.25) is 0 Å². The highest BCUT2D eigenvalue weighted by Gasteiger charge is 2.12. The molecular weight excluding hydrogens is 300 g/mol. The largest absolute Gasteiger partial charge is 0.393 e. The summed E-state index contributed by atoms with van der Waals surface area (Å²) in [5.74, 6) is 0. The Morgan fingerprint density at radius 2 is 2.17 bits per heavy atom. The van der Waals surface area contributed by atoms with Crippen LogP contribution in [0.4, 0.5) is 5.69 Å². The number of aliphatic hydroxyl groups is 1. The van der Waals surface area contributed by atoms with Gasteiger partial charge in [0, 0.05) is 18.7 Å². The number of nitrogens with one attached hydrogen (secondary N) is 1. The van der Waals surface area contributed by atoms with Crippen LogP contribution >= 0.6 is 15.9 Å². The van der Waals surface area contributed by atoms with Gasteiger partial charge in [-0.25, -0.2) is 0 Å². The molecule has 18 heavy (non-hydrogen) atoms. The maximum atomic E-state index is 10.8. The molecule has 0 fully saturated rings. The first kappa shape index (κ1) is 15.1. The van der Waals surface area contributed by atoms with Crippen molar-refractivity contribution in [2.24, 2.45) is 0 Å². The number of nitro benzene ring substituents is 1. The van der Waals surface area contributed by atoms with E-state index in [9.17, 15) is 15.2 Å². The smallest absolute Gasteiger partial charge is 0.283 e. The third kappa shape index (κ3) is 4.72. The van der Waals surface area contributed by atoms with Crippen molar-refractivity contribution in [2.75, 3.05) is 0 Å². The van der Waals surface area contributed by atoms with Crippen LogP contribution in [-0.4, -0.2) is 22.2 Å². The molecule has 100 valence electrons. The minimum Gasteiger partial charge on any atom is -0.393 e. The van der Waals surface area contributed by atoms with Crippen molar-refractivity contribution in [3.63, 3.8) is 0 Å². The molecule has 5 nitrogen and oxygen atoms in total. The van der Waals surface area contributed by atoms with Gasteiger partial charge in [-0.1, -0.05) is 6.07 Å². The summed E-state index contributed by atoms with van der Waals surface area (Å²) < 4.78 is 0.480. The molecule has 0 spiro atoms. The van der Waals surface area contributed by atoms with Crippen LogP contribution in [0.15, 0.2) is 22.7 Å². The Balaban J connectivity index is 2.63. The maximum Gasteiger partial charge on any atom is 0.283 e. The fraction of sp³-hybridized carbons (Fsp3) is 0.500. The molecular formula is C12H17BrN2O3. The average molecular weight is 317 g/mol. The van der Waals surface area contributed by atoms with E-state index < -0.39 is 4.92 Å². The lowest BCUT2D eigenvalue weighted by molar-refractivity contribution is -0.385. The van der Waals surface area contributed by atoms with Crippen LogP contribution < -0.4 is 5.32 Å². The van der Waals surface area contributed by atoms with E-state index in [0.29, 0.717) is 17.4 Å². The lowest BCUT2D eigenvalue weighted by Gasteiger charge is -2.15. The molecule has 6 heteroatoms. The second-order valence-electron chi connectivity index (χ2n) is 4.41. The highest BCUT2D eigenvalue weighted by atomic mass is 79.9. The average Bonchev–Trinajstić information content (AvgIpc) is 2.26. The normalized spacial score (nSPS) is 14.2. The molecule has 2 N–H and O–H groups in total. The molecule has 0 radical (unpaired) electrons. The lowest BCUT2D eigenvalue weighted by Crippen LogP contribution is -2.28. The van der Waals surface area contributed by atoms with Gasteiger partial charge < -0.3 is 10.4 Å². The summed E-state index contributed by atoms with van der Waals surface area (Å²) in [4.78, 5) is 10.4. The molecule has 0 bridgehead atoms. The number of aliphatic hydroxyl groups excluding tert-OH is 1. The molecule has 0 amide bonds. The maximum absolute atomic E-state index is 10.8. The molecule has 2 unspecified atom stereocenters. The second-order valence-corrected chi connectivity index (χ2v) is 5.26. The van der Waals surface area contributed by atoms with Crippen LogP contribution in [0.1, 0.15) is 25.8 Å². The summed E-state index contributed by atoms with van der Waals surface area (Å²) in [5, 5.41) is 23.2. The topological polar surface area (TPSA) is 75.4 Å². The molecule has 2 atom stereocenters. The molecule has 0 aromatic heterocycles. The van der Waals surface area contributed by atoms with Gasteiger partial charge in [0.15, 0.2) is 0 Å². The molecule has 0 saturated heterocycles. The first-order chi connectivity index (χ1) is 8.40. The Hall–Kier alpha value is -0.980. The predicted molar refractivity (Wildman–Crippen MR) is 73.4 cm³/mol. The van der Waals surface area contributed by atoms with Crippen molar-refractivity contribution in [1.82, 2.24) is 5.32 Å². The van der Waals surface area contributed by atoms with Crippen molar-refractivity contribution >= 4 is 21.6 Å². The quantitative estimate of drug-likeness (QED) is 0.625. The van der Waals surface area contributed by atoms with Gasteiger partial charge >= 0.3 is 0 Å². The molecule has 0 heterocycles. The summed E-state index contributed by atoms with van der Waals surface area (Å²) in [6.45, 7) is 4.25. The molecule has 1 rings (SSSR count). The van der Waals surface area contributed by atoms with E-state index in [1.807, 2.05) is 13.0 Å². The Kier molecular flexibility index (Phi) is 5.71. The number of rotatable bonds is 6. The third-order valence-electron chi connectivity index (χ3n) is 2.56. The fourth-order valence-corrected chi connectivity index (χ4v) is 2.09. The van der Waals surface area contributed by atoms with Gasteiger partial charge in [0.05, 0.1) is 15.5 Å². The Morgan fingerprint density at radius 1 is 1.50 bits per heavy atom. The highest BCUT2D eigenvalue weighted by molar-refractivity contribution is 9.10. The van der Waals surface area contributed by atoms with Gasteiger partial charge in [-0.15, -0.1) is 0 Å². The van der Waals surface area contributed by atoms with Crippen LogP contribution in [0.5, 0.6) is 0 Å². The van der Waals surface area contributed by atoms with E-state index >= 15 is 0 Å². The van der Waals surface area contributed by atoms with Crippen LogP contribution in [-0.2, 0) is 6.54 Å². The Bertz CT molecular complexity index is 424. The molecule has 0 saturated carbocycles. The molecule has 0 aliphatic carbocycles. The van der Waals surface area contributed by atoms with Crippen molar-refractivity contribution in [3.8, 4) is 0 Å². The van der Waals surface area contributed by atoms with E-state index in [-0.39, 0.29) is 17.8 Å². The summed E-state index contributed by atoms with van der Waals surface area (Å²) in [7, 11) is 0. The molecule has 1 aromatic carbocycles. The Morgan fingerprint density at radius 3 is 2.72 bits per heavy atom. The monoisotopic (exact) mass is 316 g/mol. The minimum absolute atomic E-state index is 0.0671. The van der Waals surface area contributed by atoms with E-state index in [1.165, 1.54) is 0 Å². The zero-order valence-electron chi connectivity index (χ0n) is 10.4. The summed E-state index contributed by atoms with van der Waals surface area (Å²) in [6.07, 6.45) is 0.297. The van der Waals surface area contributed by atoms with E-state index in [2.05, 4.69) is 21.2 Å². The van der Waals surface area contributed by atoms with Gasteiger partial charge in [-0.3, -0.25) is 10.1 Å². The zero-order chi connectivity index (χ0) is 13.7. The number of halogens is 1. The third-order valence-corrected chi connectivity index (χ3v) is 3.23. The van der Waals surface area contributed by atoms with E-state index in [1.54, 1.807) is 19.1 Å². The highest BCUT2D eigenvalue weighted by Crippen LogP contribution is 2.25. The predicted octanol–water partition coefficient (Wildman–Crippen LogP) is 2.61.